The van der Waals surface area contributed by atoms with Gasteiger partial charge in [-0.1, -0.05) is 17.3 Å². The molecule has 1 unspecified atom stereocenters. The van der Waals surface area contributed by atoms with Crippen molar-refractivity contribution in [3.8, 4) is 11.3 Å². The minimum atomic E-state index is -3.58. The van der Waals surface area contributed by atoms with Gasteiger partial charge < -0.3 is 9.84 Å². The third-order valence-electron chi connectivity index (χ3n) is 3.26. The van der Waals surface area contributed by atoms with E-state index in [1.807, 2.05) is 0 Å². The van der Waals surface area contributed by atoms with Gasteiger partial charge in [0.05, 0.1) is 11.1 Å². The Balaban J connectivity index is 1.97. The highest BCUT2D eigenvalue weighted by molar-refractivity contribution is 7.89. The lowest BCUT2D eigenvalue weighted by atomic mass is 10.2. The number of sulfonamides is 1. The Bertz CT molecular complexity index is 677. The highest BCUT2D eigenvalue weighted by Crippen LogP contribution is 2.27. The molecule has 3 rings (SSSR count). The summed E-state index contributed by atoms with van der Waals surface area (Å²) in [5, 5.41) is 6.76. The summed E-state index contributed by atoms with van der Waals surface area (Å²) in [5.74, 6) is 0.440. The van der Waals surface area contributed by atoms with E-state index in [1.165, 1.54) is 6.20 Å². The number of hydrogen-bond donors (Lipinski definition) is 2. The first-order valence-corrected chi connectivity index (χ1v) is 7.88. The number of rotatable bonds is 4. The van der Waals surface area contributed by atoms with Crippen LogP contribution < -0.4 is 10.0 Å². The van der Waals surface area contributed by atoms with Crippen molar-refractivity contribution in [2.75, 3.05) is 13.1 Å². The Morgan fingerprint density at radius 3 is 2.85 bits per heavy atom. The molecule has 6 nitrogen and oxygen atoms in total. The molecule has 1 aliphatic rings. The van der Waals surface area contributed by atoms with E-state index >= 15 is 0 Å². The highest BCUT2D eigenvalue weighted by atomic mass is 32.2. The molecule has 2 N–H and O–H groups in total. The third-order valence-corrected chi connectivity index (χ3v) is 4.84. The van der Waals surface area contributed by atoms with Crippen LogP contribution in [0.25, 0.3) is 11.3 Å². The summed E-state index contributed by atoms with van der Waals surface area (Å²) >= 11 is 0. The van der Waals surface area contributed by atoms with Crippen LogP contribution in [-0.2, 0) is 10.0 Å². The molecule has 7 heteroatoms. The molecular weight excluding hydrogens is 278 g/mol. The van der Waals surface area contributed by atoms with Gasteiger partial charge in [-0.05, 0) is 25.1 Å². The van der Waals surface area contributed by atoms with E-state index in [4.69, 9.17) is 4.52 Å². The maximum Gasteiger partial charge on any atom is 0.241 e. The monoisotopic (exact) mass is 293 g/mol. The van der Waals surface area contributed by atoms with Gasteiger partial charge in [-0.15, -0.1) is 0 Å². The second-order valence-electron chi connectivity index (χ2n) is 4.68. The second-order valence-corrected chi connectivity index (χ2v) is 6.37. The molecule has 2 aromatic rings. The van der Waals surface area contributed by atoms with Crippen LogP contribution in [0.15, 0.2) is 45.9 Å². The Labute approximate surface area is 117 Å². The average Bonchev–Trinajstić information content (AvgIpc) is 3.11. The molecule has 0 amide bonds. The van der Waals surface area contributed by atoms with Crippen LogP contribution in [-0.4, -0.2) is 32.7 Å². The molecule has 106 valence electrons. The number of hydrogen-bond acceptors (Lipinski definition) is 5. The van der Waals surface area contributed by atoms with Crippen LogP contribution >= 0.6 is 0 Å². The lowest BCUT2D eigenvalue weighted by Crippen LogP contribution is -2.36. The number of nitrogens with one attached hydrogen (secondary N) is 2. The number of nitrogens with zero attached hydrogens (tertiary/aromatic N) is 1. The van der Waals surface area contributed by atoms with Gasteiger partial charge in [0.25, 0.3) is 0 Å². The molecule has 1 aromatic heterocycles. The summed E-state index contributed by atoms with van der Waals surface area (Å²) < 4.78 is 32.8. The van der Waals surface area contributed by atoms with Crippen molar-refractivity contribution >= 4 is 10.0 Å². The van der Waals surface area contributed by atoms with E-state index in [1.54, 1.807) is 30.3 Å². The van der Waals surface area contributed by atoms with Crippen LogP contribution in [0.2, 0.25) is 0 Å². The van der Waals surface area contributed by atoms with Crippen molar-refractivity contribution < 1.29 is 12.9 Å². The van der Waals surface area contributed by atoms with Crippen LogP contribution in [0.3, 0.4) is 0 Å². The summed E-state index contributed by atoms with van der Waals surface area (Å²) in [5.41, 5.74) is 0.517. The summed E-state index contributed by atoms with van der Waals surface area (Å²) in [6.07, 6.45) is 2.29. The van der Waals surface area contributed by atoms with Crippen molar-refractivity contribution in [2.24, 2.45) is 0 Å². The number of aromatic nitrogens is 1. The lowest BCUT2D eigenvalue weighted by molar-refractivity contribution is 0.431. The third kappa shape index (κ3) is 2.60. The summed E-state index contributed by atoms with van der Waals surface area (Å²) in [6, 6.07) is 8.33. The molecule has 1 atom stereocenters. The first kappa shape index (κ1) is 13.3. The molecular formula is C13H15N3O3S. The van der Waals surface area contributed by atoms with Crippen molar-refractivity contribution in [1.29, 1.82) is 0 Å². The molecule has 1 fully saturated rings. The zero-order valence-corrected chi connectivity index (χ0v) is 11.6. The Morgan fingerprint density at radius 1 is 1.30 bits per heavy atom. The fourth-order valence-electron chi connectivity index (χ4n) is 2.30. The van der Waals surface area contributed by atoms with Gasteiger partial charge in [0.15, 0.2) is 5.76 Å². The quantitative estimate of drug-likeness (QED) is 0.878. The second kappa shape index (κ2) is 5.35. The lowest BCUT2D eigenvalue weighted by Gasteiger charge is -2.13. The Hall–Kier alpha value is -1.70. The van der Waals surface area contributed by atoms with Crippen molar-refractivity contribution in [2.45, 2.75) is 17.4 Å². The van der Waals surface area contributed by atoms with E-state index in [9.17, 15) is 8.42 Å². The van der Waals surface area contributed by atoms with Gasteiger partial charge in [0, 0.05) is 24.2 Å². The summed E-state index contributed by atoms with van der Waals surface area (Å²) in [4.78, 5) is 0.212. The van der Waals surface area contributed by atoms with E-state index in [2.05, 4.69) is 15.2 Å². The minimum Gasteiger partial charge on any atom is -0.356 e. The average molecular weight is 293 g/mol. The maximum absolute atomic E-state index is 12.5. The van der Waals surface area contributed by atoms with E-state index < -0.39 is 10.0 Å². The molecule has 0 aliphatic carbocycles. The Kier molecular flexibility index (Phi) is 3.56. The van der Waals surface area contributed by atoms with Gasteiger partial charge >= 0.3 is 0 Å². The predicted octanol–water partition coefficient (Wildman–Crippen LogP) is 0.982. The summed E-state index contributed by atoms with van der Waals surface area (Å²) in [7, 11) is -3.58. The van der Waals surface area contributed by atoms with Gasteiger partial charge in [-0.2, -0.15) is 0 Å². The van der Waals surface area contributed by atoms with Gasteiger partial charge in [0.1, 0.15) is 0 Å². The molecule has 20 heavy (non-hydrogen) atoms. The first-order chi connectivity index (χ1) is 9.67. The van der Waals surface area contributed by atoms with E-state index in [0.717, 1.165) is 13.0 Å². The van der Waals surface area contributed by atoms with Crippen LogP contribution in [0.1, 0.15) is 6.42 Å². The molecule has 1 aliphatic heterocycles. The SMILES string of the molecule is O=S(=O)(NC1CCNC1)c1ccccc1-c1ccno1. The molecule has 0 spiro atoms. The standard InChI is InChI=1S/C13H15N3O3S/c17-20(18,16-10-5-7-14-9-10)13-4-2-1-3-11(13)12-6-8-15-19-12/h1-4,6,8,10,14,16H,5,7,9H2. The smallest absolute Gasteiger partial charge is 0.241 e. The molecule has 1 aromatic carbocycles. The largest absolute Gasteiger partial charge is 0.356 e. The van der Waals surface area contributed by atoms with Crippen molar-refractivity contribution in [3.63, 3.8) is 0 Å². The summed E-state index contributed by atoms with van der Waals surface area (Å²) in [6.45, 7) is 1.49. The number of benzene rings is 1. The maximum atomic E-state index is 12.5. The fraction of sp³-hybridized carbons (Fsp3) is 0.308. The fourth-order valence-corrected chi connectivity index (χ4v) is 3.78. The van der Waals surface area contributed by atoms with E-state index in [0.29, 0.717) is 17.9 Å². The van der Waals surface area contributed by atoms with Gasteiger partial charge in [0.2, 0.25) is 10.0 Å². The van der Waals surface area contributed by atoms with Crippen LogP contribution in [0.5, 0.6) is 0 Å². The van der Waals surface area contributed by atoms with Crippen molar-refractivity contribution in [1.82, 2.24) is 15.2 Å². The zero-order valence-electron chi connectivity index (χ0n) is 10.7. The molecule has 0 radical (unpaired) electrons. The molecule has 2 heterocycles. The molecule has 0 bridgehead atoms. The van der Waals surface area contributed by atoms with Gasteiger partial charge in [-0.3, -0.25) is 0 Å². The zero-order chi connectivity index (χ0) is 14.0. The Morgan fingerprint density at radius 2 is 2.15 bits per heavy atom. The normalized spacial score (nSPS) is 19.3. The van der Waals surface area contributed by atoms with E-state index in [-0.39, 0.29) is 10.9 Å². The van der Waals surface area contributed by atoms with Gasteiger partial charge in [-0.25, -0.2) is 13.1 Å². The van der Waals surface area contributed by atoms with Crippen molar-refractivity contribution in [3.05, 3.63) is 36.5 Å². The topological polar surface area (TPSA) is 84.2 Å². The van der Waals surface area contributed by atoms with Crippen LogP contribution in [0, 0.1) is 0 Å². The minimum absolute atomic E-state index is 0.0669. The molecule has 0 saturated carbocycles. The molecule has 1 saturated heterocycles. The highest BCUT2D eigenvalue weighted by Gasteiger charge is 2.25. The first-order valence-electron chi connectivity index (χ1n) is 6.40. The van der Waals surface area contributed by atoms with Crippen LogP contribution in [0.4, 0.5) is 0 Å². The predicted molar refractivity (Wildman–Crippen MR) is 73.5 cm³/mol.